The molecule has 3 rings (SSSR count). The highest BCUT2D eigenvalue weighted by atomic mass is 16.6. The molecule has 0 atom stereocenters. The molecule has 9 nitrogen and oxygen atoms in total. The molecule has 162 valence electrons. The van der Waals surface area contributed by atoms with E-state index in [0.717, 1.165) is 5.56 Å². The monoisotopic (exact) mass is 425 g/mol. The number of hydrogen-bond acceptors (Lipinski definition) is 8. The van der Waals surface area contributed by atoms with Gasteiger partial charge in [0.25, 0.3) is 0 Å². The minimum Gasteiger partial charge on any atom is -0.505 e. The summed E-state index contributed by atoms with van der Waals surface area (Å²) >= 11 is 0. The van der Waals surface area contributed by atoms with Crippen molar-refractivity contribution >= 4 is 23.0 Å². The standard InChI is InChI=1S/C22H23N3O6/c1-12(2)21(27)30-8-9-31-22(28)15-6-7-16-17(10-15)24-25(23-16)18-11-19(29-5)13(3)14(4)20(18)26/h6-7,10-11,26H,1,8-9H2,2-5H3. The number of benzene rings is 2. The summed E-state index contributed by atoms with van der Waals surface area (Å²) in [5.74, 6) is -0.482. The predicted molar refractivity (Wildman–Crippen MR) is 113 cm³/mol. The van der Waals surface area contributed by atoms with E-state index in [-0.39, 0.29) is 30.1 Å². The third-order valence-corrected chi connectivity index (χ3v) is 4.75. The molecule has 0 fully saturated rings. The zero-order valence-electron chi connectivity index (χ0n) is 17.8. The molecule has 0 spiro atoms. The van der Waals surface area contributed by atoms with Gasteiger partial charge in [0.2, 0.25) is 0 Å². The Morgan fingerprint density at radius 1 is 1.06 bits per heavy atom. The number of aromatic hydroxyl groups is 1. The lowest BCUT2D eigenvalue weighted by molar-refractivity contribution is -0.140. The summed E-state index contributed by atoms with van der Waals surface area (Å²) in [6, 6.07) is 6.38. The van der Waals surface area contributed by atoms with Gasteiger partial charge in [-0.25, -0.2) is 9.59 Å². The van der Waals surface area contributed by atoms with Crippen LogP contribution < -0.4 is 4.74 Å². The first-order valence-corrected chi connectivity index (χ1v) is 9.47. The fourth-order valence-electron chi connectivity index (χ4n) is 2.84. The number of hydrogen-bond donors (Lipinski definition) is 1. The third-order valence-electron chi connectivity index (χ3n) is 4.75. The smallest absolute Gasteiger partial charge is 0.338 e. The van der Waals surface area contributed by atoms with Gasteiger partial charge >= 0.3 is 11.9 Å². The van der Waals surface area contributed by atoms with Crippen molar-refractivity contribution in [2.75, 3.05) is 20.3 Å². The lowest BCUT2D eigenvalue weighted by Crippen LogP contribution is -2.14. The Morgan fingerprint density at radius 2 is 1.74 bits per heavy atom. The molecular formula is C22H23N3O6. The van der Waals surface area contributed by atoms with E-state index in [1.165, 1.54) is 17.8 Å². The normalized spacial score (nSPS) is 10.7. The van der Waals surface area contributed by atoms with Crippen LogP contribution in [0.2, 0.25) is 0 Å². The van der Waals surface area contributed by atoms with Crippen LogP contribution >= 0.6 is 0 Å². The number of nitrogens with zero attached hydrogens (tertiary/aromatic N) is 3. The third kappa shape index (κ3) is 4.50. The highest BCUT2D eigenvalue weighted by Gasteiger charge is 2.17. The van der Waals surface area contributed by atoms with E-state index in [4.69, 9.17) is 14.2 Å². The van der Waals surface area contributed by atoms with E-state index in [0.29, 0.717) is 28.0 Å². The average Bonchev–Trinajstić information content (AvgIpc) is 3.17. The molecule has 31 heavy (non-hydrogen) atoms. The van der Waals surface area contributed by atoms with Gasteiger partial charge in [0.15, 0.2) is 0 Å². The van der Waals surface area contributed by atoms with Crippen LogP contribution in [0.3, 0.4) is 0 Å². The van der Waals surface area contributed by atoms with Crippen LogP contribution in [0.25, 0.3) is 16.7 Å². The highest BCUT2D eigenvalue weighted by molar-refractivity contribution is 5.93. The number of phenolic OH excluding ortho intramolecular Hbond substituents is 1. The van der Waals surface area contributed by atoms with Gasteiger partial charge in [0.05, 0.1) is 12.7 Å². The summed E-state index contributed by atoms with van der Waals surface area (Å²) < 4.78 is 15.4. The molecule has 0 aliphatic rings. The summed E-state index contributed by atoms with van der Waals surface area (Å²) in [7, 11) is 1.55. The SMILES string of the molecule is C=C(C)C(=O)OCCOC(=O)c1ccc2nn(-c3cc(OC)c(C)c(C)c3O)nc2c1. The first-order chi connectivity index (χ1) is 14.7. The molecule has 0 saturated heterocycles. The Hall–Kier alpha value is -3.88. The number of ether oxygens (including phenoxy) is 3. The Kier molecular flexibility index (Phi) is 6.24. The quantitative estimate of drug-likeness (QED) is 0.349. The average molecular weight is 425 g/mol. The molecule has 0 unspecified atom stereocenters. The summed E-state index contributed by atoms with van der Waals surface area (Å²) in [6.45, 7) is 8.48. The molecule has 0 aliphatic heterocycles. The topological polar surface area (TPSA) is 113 Å². The number of phenols is 1. The molecule has 0 aliphatic carbocycles. The van der Waals surface area contributed by atoms with Gasteiger partial charge in [-0.2, -0.15) is 0 Å². The van der Waals surface area contributed by atoms with Gasteiger partial charge in [0.1, 0.15) is 41.4 Å². The van der Waals surface area contributed by atoms with Crippen LogP contribution in [0.1, 0.15) is 28.4 Å². The maximum absolute atomic E-state index is 12.3. The van der Waals surface area contributed by atoms with Crippen molar-refractivity contribution in [3.8, 4) is 17.2 Å². The summed E-state index contributed by atoms with van der Waals surface area (Å²) in [5.41, 5.74) is 3.36. The maximum atomic E-state index is 12.3. The summed E-state index contributed by atoms with van der Waals surface area (Å²) in [5, 5.41) is 19.3. The van der Waals surface area contributed by atoms with Crippen LogP contribution in [0, 0.1) is 13.8 Å². The van der Waals surface area contributed by atoms with Crippen LogP contribution in [-0.2, 0) is 14.3 Å². The van der Waals surface area contributed by atoms with Crippen molar-refractivity contribution in [2.24, 2.45) is 0 Å². The van der Waals surface area contributed by atoms with E-state index < -0.39 is 11.9 Å². The Labute approximate surface area is 178 Å². The van der Waals surface area contributed by atoms with Gasteiger partial charge < -0.3 is 19.3 Å². The first-order valence-electron chi connectivity index (χ1n) is 9.47. The van der Waals surface area contributed by atoms with Crippen molar-refractivity contribution in [3.05, 3.63) is 53.1 Å². The van der Waals surface area contributed by atoms with Crippen LogP contribution in [-0.4, -0.2) is 52.4 Å². The minimum atomic E-state index is -0.585. The van der Waals surface area contributed by atoms with Crippen molar-refractivity contribution < 1.29 is 28.9 Å². The van der Waals surface area contributed by atoms with E-state index in [1.54, 1.807) is 32.2 Å². The van der Waals surface area contributed by atoms with Crippen LogP contribution in [0.15, 0.2) is 36.4 Å². The Morgan fingerprint density at radius 3 is 2.42 bits per heavy atom. The molecule has 3 aromatic rings. The molecule has 0 bridgehead atoms. The van der Waals surface area contributed by atoms with E-state index in [1.807, 2.05) is 6.92 Å². The van der Waals surface area contributed by atoms with Crippen molar-refractivity contribution in [2.45, 2.75) is 20.8 Å². The highest BCUT2D eigenvalue weighted by Crippen LogP contribution is 2.34. The minimum absolute atomic E-state index is 0.0440. The van der Waals surface area contributed by atoms with Crippen molar-refractivity contribution in [1.29, 1.82) is 0 Å². The molecule has 0 saturated carbocycles. The number of esters is 2. The summed E-state index contributed by atoms with van der Waals surface area (Å²) in [4.78, 5) is 24.9. The number of fused-ring (bicyclic) bond motifs is 1. The maximum Gasteiger partial charge on any atom is 0.338 e. The van der Waals surface area contributed by atoms with Crippen LogP contribution in [0.5, 0.6) is 11.5 Å². The number of aromatic nitrogens is 3. The zero-order chi connectivity index (χ0) is 22.7. The van der Waals surface area contributed by atoms with Gasteiger partial charge in [-0.3, -0.25) is 0 Å². The first kappa shape index (κ1) is 21.8. The molecule has 0 amide bonds. The second-order valence-electron chi connectivity index (χ2n) is 6.94. The van der Waals surface area contributed by atoms with Crippen molar-refractivity contribution in [1.82, 2.24) is 15.0 Å². The van der Waals surface area contributed by atoms with Crippen molar-refractivity contribution in [3.63, 3.8) is 0 Å². The number of carbonyl (C=O) groups excluding carboxylic acids is 2. The van der Waals surface area contributed by atoms with Gasteiger partial charge in [0, 0.05) is 11.6 Å². The van der Waals surface area contributed by atoms with Crippen LogP contribution in [0.4, 0.5) is 0 Å². The molecule has 1 heterocycles. The summed E-state index contributed by atoms with van der Waals surface area (Å²) in [6.07, 6.45) is 0. The fourth-order valence-corrected chi connectivity index (χ4v) is 2.84. The van der Waals surface area contributed by atoms with Gasteiger partial charge in [-0.15, -0.1) is 15.0 Å². The molecule has 2 aromatic carbocycles. The number of methoxy groups -OCH3 is 1. The lowest BCUT2D eigenvalue weighted by Gasteiger charge is -2.13. The van der Waals surface area contributed by atoms with Gasteiger partial charge in [-0.1, -0.05) is 6.58 Å². The molecule has 0 radical (unpaired) electrons. The number of carbonyl (C=O) groups is 2. The zero-order valence-corrected chi connectivity index (χ0v) is 17.8. The second-order valence-corrected chi connectivity index (χ2v) is 6.94. The second kappa shape index (κ2) is 8.86. The Bertz CT molecular complexity index is 1180. The lowest BCUT2D eigenvalue weighted by atomic mass is 10.1. The fraction of sp³-hybridized carbons (Fsp3) is 0.273. The molecular weight excluding hydrogens is 402 g/mol. The van der Waals surface area contributed by atoms with E-state index >= 15 is 0 Å². The van der Waals surface area contributed by atoms with E-state index in [9.17, 15) is 14.7 Å². The number of rotatable bonds is 7. The van der Waals surface area contributed by atoms with Gasteiger partial charge in [-0.05, 0) is 50.1 Å². The largest absolute Gasteiger partial charge is 0.505 e. The molecule has 1 aromatic heterocycles. The van der Waals surface area contributed by atoms with E-state index in [2.05, 4.69) is 16.8 Å². The Balaban J connectivity index is 1.79. The predicted octanol–water partition coefficient (Wildman–Crippen LogP) is 3.03. The molecule has 1 N–H and O–H groups in total. The molecule has 9 heteroatoms.